The minimum atomic E-state index is -0.232. The van der Waals surface area contributed by atoms with Crippen LogP contribution in [0.4, 0.5) is 11.4 Å². The molecule has 0 aliphatic carbocycles. The van der Waals surface area contributed by atoms with E-state index in [1.54, 1.807) is 24.7 Å². The molecular weight excluding hydrogens is 348 g/mol. The maximum absolute atomic E-state index is 12.2. The molecule has 0 saturated carbocycles. The Hall–Kier alpha value is -2.92. The van der Waals surface area contributed by atoms with Crippen LogP contribution in [0.15, 0.2) is 55.0 Å². The van der Waals surface area contributed by atoms with Crippen LogP contribution in [0.5, 0.6) is 0 Å². The van der Waals surface area contributed by atoms with E-state index in [0.717, 1.165) is 28.1 Å². The molecule has 2 heterocycles. The van der Waals surface area contributed by atoms with E-state index in [4.69, 9.17) is 11.6 Å². The summed E-state index contributed by atoms with van der Waals surface area (Å²) in [6.07, 6.45) is 5.03. The largest absolute Gasteiger partial charge is 0.353 e. The second-order valence-corrected chi connectivity index (χ2v) is 6.45. The molecule has 132 valence electrons. The van der Waals surface area contributed by atoms with Crippen LogP contribution in [0.2, 0.25) is 5.02 Å². The van der Waals surface area contributed by atoms with Gasteiger partial charge in [-0.2, -0.15) is 0 Å². The molecule has 1 aromatic carbocycles. The summed E-state index contributed by atoms with van der Waals surface area (Å²) in [7, 11) is 0. The fourth-order valence-electron chi connectivity index (χ4n) is 2.60. The van der Waals surface area contributed by atoms with Gasteiger partial charge < -0.3 is 10.6 Å². The average Bonchev–Trinajstić information content (AvgIpc) is 2.64. The highest BCUT2D eigenvalue weighted by Crippen LogP contribution is 2.30. The first-order valence-electron chi connectivity index (χ1n) is 8.20. The predicted octanol–water partition coefficient (Wildman–Crippen LogP) is 4.42. The summed E-state index contributed by atoms with van der Waals surface area (Å²) in [6, 6.07) is 11.2. The van der Waals surface area contributed by atoms with Gasteiger partial charge in [-0.3, -0.25) is 9.78 Å². The van der Waals surface area contributed by atoms with Gasteiger partial charge in [0.15, 0.2) is 0 Å². The number of aromatic nitrogens is 2. The number of rotatable bonds is 5. The van der Waals surface area contributed by atoms with Gasteiger partial charge in [-0.05, 0) is 54.8 Å². The van der Waals surface area contributed by atoms with Crippen LogP contribution in [-0.4, -0.2) is 15.9 Å². The number of amides is 1. The van der Waals surface area contributed by atoms with E-state index in [0.29, 0.717) is 17.3 Å². The predicted molar refractivity (Wildman–Crippen MR) is 104 cm³/mol. The maximum atomic E-state index is 12.2. The van der Waals surface area contributed by atoms with Crippen LogP contribution in [0.25, 0.3) is 0 Å². The van der Waals surface area contributed by atoms with Crippen molar-refractivity contribution in [2.24, 2.45) is 0 Å². The number of pyridine rings is 2. The van der Waals surface area contributed by atoms with Gasteiger partial charge >= 0.3 is 0 Å². The first-order valence-corrected chi connectivity index (χ1v) is 8.57. The number of nitrogens with one attached hydrogen (secondary N) is 2. The van der Waals surface area contributed by atoms with Crippen LogP contribution in [0.3, 0.4) is 0 Å². The quantitative estimate of drug-likeness (QED) is 0.701. The number of carbonyl (C=O) groups is 1. The molecule has 3 rings (SSSR count). The lowest BCUT2D eigenvalue weighted by Crippen LogP contribution is -2.23. The SMILES string of the molecule is Cc1cc(C)c(Nc2ccc(C(=O)NCc3cccnc3)nc2)c(Cl)c1. The van der Waals surface area contributed by atoms with Crippen LogP contribution in [-0.2, 0) is 6.54 Å². The van der Waals surface area contributed by atoms with Crippen molar-refractivity contribution in [3.8, 4) is 0 Å². The highest BCUT2D eigenvalue weighted by molar-refractivity contribution is 6.33. The van der Waals surface area contributed by atoms with Crippen LogP contribution < -0.4 is 10.6 Å². The van der Waals surface area contributed by atoms with Crippen molar-refractivity contribution in [1.29, 1.82) is 0 Å². The van der Waals surface area contributed by atoms with Crippen molar-refractivity contribution in [3.63, 3.8) is 0 Å². The average molecular weight is 367 g/mol. The number of hydrogen-bond donors (Lipinski definition) is 2. The lowest BCUT2D eigenvalue weighted by atomic mass is 10.1. The van der Waals surface area contributed by atoms with Gasteiger partial charge in [0.25, 0.3) is 5.91 Å². The molecule has 3 aromatic rings. The molecule has 0 bridgehead atoms. The minimum absolute atomic E-state index is 0.232. The zero-order chi connectivity index (χ0) is 18.5. The molecule has 1 amide bonds. The summed E-state index contributed by atoms with van der Waals surface area (Å²) in [5.74, 6) is -0.232. The van der Waals surface area contributed by atoms with Crippen molar-refractivity contribution in [2.75, 3.05) is 5.32 Å². The second-order valence-electron chi connectivity index (χ2n) is 6.04. The normalized spacial score (nSPS) is 10.4. The molecule has 0 saturated heterocycles. The lowest BCUT2D eigenvalue weighted by molar-refractivity contribution is 0.0946. The zero-order valence-corrected chi connectivity index (χ0v) is 15.3. The van der Waals surface area contributed by atoms with Gasteiger partial charge in [0.1, 0.15) is 5.69 Å². The molecule has 0 radical (unpaired) electrons. The Balaban J connectivity index is 1.66. The summed E-state index contributed by atoms with van der Waals surface area (Å²) in [6.45, 7) is 4.41. The third-order valence-electron chi connectivity index (χ3n) is 3.87. The third-order valence-corrected chi connectivity index (χ3v) is 4.17. The minimum Gasteiger partial charge on any atom is -0.353 e. The van der Waals surface area contributed by atoms with Crippen LogP contribution >= 0.6 is 11.6 Å². The number of nitrogens with zero attached hydrogens (tertiary/aromatic N) is 2. The summed E-state index contributed by atoms with van der Waals surface area (Å²) >= 11 is 6.31. The Morgan fingerprint density at radius 1 is 1.15 bits per heavy atom. The van der Waals surface area contributed by atoms with E-state index >= 15 is 0 Å². The number of carbonyl (C=O) groups excluding carboxylic acids is 1. The molecular formula is C20H19ClN4O. The first kappa shape index (κ1) is 17.9. The Kier molecular flexibility index (Phi) is 5.49. The van der Waals surface area contributed by atoms with E-state index < -0.39 is 0 Å². The lowest BCUT2D eigenvalue weighted by Gasteiger charge is -2.13. The van der Waals surface area contributed by atoms with E-state index in [1.807, 2.05) is 38.1 Å². The smallest absolute Gasteiger partial charge is 0.270 e. The molecule has 0 atom stereocenters. The zero-order valence-electron chi connectivity index (χ0n) is 14.6. The number of benzene rings is 1. The first-order chi connectivity index (χ1) is 12.5. The summed E-state index contributed by atoms with van der Waals surface area (Å²) in [4.78, 5) is 20.4. The highest BCUT2D eigenvalue weighted by Gasteiger charge is 2.09. The van der Waals surface area contributed by atoms with Crippen molar-refractivity contribution in [2.45, 2.75) is 20.4 Å². The molecule has 0 aliphatic heterocycles. The number of anilines is 2. The highest BCUT2D eigenvalue weighted by atomic mass is 35.5. The maximum Gasteiger partial charge on any atom is 0.270 e. The Bertz CT molecular complexity index is 888. The number of hydrogen-bond acceptors (Lipinski definition) is 4. The molecule has 0 fully saturated rings. The van der Waals surface area contributed by atoms with Crippen molar-refractivity contribution in [3.05, 3.63) is 82.4 Å². The molecule has 0 spiro atoms. The van der Waals surface area contributed by atoms with Gasteiger partial charge in [0.2, 0.25) is 0 Å². The molecule has 26 heavy (non-hydrogen) atoms. The van der Waals surface area contributed by atoms with Crippen LogP contribution in [0.1, 0.15) is 27.2 Å². The molecule has 2 aromatic heterocycles. The molecule has 5 nitrogen and oxygen atoms in total. The standard InChI is InChI=1S/C20H19ClN4O/c1-13-8-14(2)19(17(21)9-13)25-16-5-6-18(23-12-16)20(26)24-11-15-4-3-7-22-10-15/h3-10,12,25H,11H2,1-2H3,(H,24,26). The van der Waals surface area contributed by atoms with Crippen molar-refractivity contribution < 1.29 is 4.79 Å². The van der Waals surface area contributed by atoms with Gasteiger partial charge in [-0.15, -0.1) is 0 Å². The van der Waals surface area contributed by atoms with Gasteiger partial charge in [0.05, 0.1) is 22.6 Å². The van der Waals surface area contributed by atoms with E-state index in [-0.39, 0.29) is 5.91 Å². The second kappa shape index (κ2) is 7.97. The summed E-state index contributed by atoms with van der Waals surface area (Å²) in [5, 5.41) is 6.74. The fourth-order valence-corrected chi connectivity index (χ4v) is 2.96. The number of halogens is 1. The van der Waals surface area contributed by atoms with E-state index in [9.17, 15) is 4.79 Å². The molecule has 6 heteroatoms. The van der Waals surface area contributed by atoms with Gasteiger partial charge in [0, 0.05) is 18.9 Å². The summed E-state index contributed by atoms with van der Waals surface area (Å²) in [5.41, 5.74) is 5.05. The molecule has 2 N–H and O–H groups in total. The van der Waals surface area contributed by atoms with E-state index in [1.165, 1.54) is 0 Å². The molecule has 0 aliphatic rings. The fraction of sp³-hybridized carbons (Fsp3) is 0.150. The van der Waals surface area contributed by atoms with E-state index in [2.05, 4.69) is 26.7 Å². The Labute approximate surface area is 157 Å². The van der Waals surface area contributed by atoms with Gasteiger partial charge in [-0.1, -0.05) is 23.7 Å². The summed E-state index contributed by atoms with van der Waals surface area (Å²) < 4.78 is 0. The Morgan fingerprint density at radius 3 is 2.65 bits per heavy atom. The topological polar surface area (TPSA) is 66.9 Å². The van der Waals surface area contributed by atoms with Crippen molar-refractivity contribution >= 4 is 28.9 Å². The van der Waals surface area contributed by atoms with Crippen LogP contribution in [0, 0.1) is 13.8 Å². The Morgan fingerprint density at radius 2 is 2.00 bits per heavy atom. The number of aryl methyl sites for hydroxylation is 2. The van der Waals surface area contributed by atoms with Gasteiger partial charge in [-0.25, -0.2) is 4.98 Å². The van der Waals surface area contributed by atoms with Crippen molar-refractivity contribution in [1.82, 2.24) is 15.3 Å². The third kappa shape index (κ3) is 4.37. The monoisotopic (exact) mass is 366 g/mol. The molecule has 0 unspecified atom stereocenters.